The second kappa shape index (κ2) is 9.80. The van der Waals surface area contributed by atoms with E-state index in [0.717, 1.165) is 36.0 Å². The molecule has 3 aromatic rings. The Morgan fingerprint density at radius 3 is 2.38 bits per heavy atom. The molecule has 1 aliphatic heterocycles. The van der Waals surface area contributed by atoms with Crippen molar-refractivity contribution < 1.29 is 17.9 Å². The number of rotatable bonds is 8. The summed E-state index contributed by atoms with van der Waals surface area (Å²) in [6.07, 6.45) is 4.31. The SMILES string of the molecule is CCCCc1ccc(S(=O)(=O)NC(=O)c2ccc3c(c2)C[C@@](C)(Cc2ccc(Cl)cc2)O3)cc1. The molecule has 0 saturated heterocycles. The molecule has 34 heavy (non-hydrogen) atoms. The van der Waals surface area contributed by atoms with Crippen molar-refractivity contribution in [3.63, 3.8) is 0 Å². The molecule has 0 aliphatic carbocycles. The predicted molar refractivity (Wildman–Crippen MR) is 134 cm³/mol. The summed E-state index contributed by atoms with van der Waals surface area (Å²) < 4.78 is 33.9. The largest absolute Gasteiger partial charge is 0.487 e. The maximum atomic E-state index is 12.8. The van der Waals surface area contributed by atoms with E-state index in [4.69, 9.17) is 16.3 Å². The zero-order valence-electron chi connectivity index (χ0n) is 19.3. The topological polar surface area (TPSA) is 72.5 Å². The van der Waals surface area contributed by atoms with E-state index in [9.17, 15) is 13.2 Å². The first-order valence-corrected chi connectivity index (χ1v) is 13.3. The van der Waals surface area contributed by atoms with Crippen molar-refractivity contribution in [2.75, 3.05) is 0 Å². The number of aryl methyl sites for hydroxylation is 1. The van der Waals surface area contributed by atoms with Gasteiger partial charge < -0.3 is 4.74 Å². The first-order valence-electron chi connectivity index (χ1n) is 11.4. The quantitative estimate of drug-likeness (QED) is 0.431. The van der Waals surface area contributed by atoms with Crippen LogP contribution >= 0.6 is 11.6 Å². The number of hydrogen-bond acceptors (Lipinski definition) is 4. The van der Waals surface area contributed by atoms with Crippen molar-refractivity contribution in [2.45, 2.75) is 56.4 Å². The zero-order chi connectivity index (χ0) is 24.3. The third kappa shape index (κ3) is 5.62. The molecule has 0 saturated carbocycles. The van der Waals surface area contributed by atoms with Crippen LogP contribution in [0.2, 0.25) is 5.02 Å². The van der Waals surface area contributed by atoms with Gasteiger partial charge in [-0.05, 0) is 78.9 Å². The molecule has 0 aromatic heterocycles. The summed E-state index contributed by atoms with van der Waals surface area (Å²) in [4.78, 5) is 12.9. The third-order valence-electron chi connectivity index (χ3n) is 6.01. The van der Waals surface area contributed by atoms with Gasteiger partial charge in [0.25, 0.3) is 15.9 Å². The van der Waals surface area contributed by atoms with E-state index < -0.39 is 21.5 Å². The lowest BCUT2D eigenvalue weighted by Gasteiger charge is -2.24. The molecule has 0 bridgehead atoms. The number of benzene rings is 3. The molecule has 1 aliphatic rings. The Hall–Kier alpha value is -2.83. The number of nitrogens with one attached hydrogen (secondary N) is 1. The molecule has 1 atom stereocenters. The molecule has 4 rings (SSSR count). The Labute approximate surface area is 206 Å². The third-order valence-corrected chi connectivity index (χ3v) is 7.61. The lowest BCUT2D eigenvalue weighted by molar-refractivity contribution is 0.0981. The van der Waals surface area contributed by atoms with E-state index in [2.05, 4.69) is 11.6 Å². The fourth-order valence-electron chi connectivity index (χ4n) is 4.25. The lowest BCUT2D eigenvalue weighted by Crippen LogP contribution is -2.32. The summed E-state index contributed by atoms with van der Waals surface area (Å²) in [6.45, 7) is 4.13. The van der Waals surface area contributed by atoms with Crippen molar-refractivity contribution in [3.05, 3.63) is 94.0 Å². The number of carbonyl (C=O) groups excluding carboxylic acids is 1. The number of unbranched alkanes of at least 4 members (excludes halogenated alkanes) is 1. The molecule has 3 aromatic carbocycles. The van der Waals surface area contributed by atoms with Gasteiger partial charge in [-0.3, -0.25) is 4.79 Å². The van der Waals surface area contributed by atoms with E-state index in [1.807, 2.05) is 31.2 Å². The van der Waals surface area contributed by atoms with Gasteiger partial charge in [0.15, 0.2) is 0 Å². The van der Waals surface area contributed by atoms with Gasteiger partial charge in [-0.1, -0.05) is 49.2 Å². The minimum Gasteiger partial charge on any atom is -0.487 e. The second-order valence-corrected chi connectivity index (χ2v) is 11.2. The van der Waals surface area contributed by atoms with Crippen LogP contribution in [0.4, 0.5) is 0 Å². The summed E-state index contributed by atoms with van der Waals surface area (Å²) in [5.41, 5.74) is 2.87. The van der Waals surface area contributed by atoms with Crippen LogP contribution in [0.3, 0.4) is 0 Å². The fourth-order valence-corrected chi connectivity index (χ4v) is 5.35. The van der Waals surface area contributed by atoms with Crippen LogP contribution in [0.5, 0.6) is 5.75 Å². The number of halogens is 1. The molecule has 0 fully saturated rings. The van der Waals surface area contributed by atoms with Gasteiger partial charge in [-0.15, -0.1) is 0 Å². The molecule has 0 radical (unpaired) electrons. The van der Waals surface area contributed by atoms with Crippen LogP contribution in [0.15, 0.2) is 71.6 Å². The van der Waals surface area contributed by atoms with Crippen molar-refractivity contribution in [3.8, 4) is 5.75 Å². The minimum atomic E-state index is -3.97. The van der Waals surface area contributed by atoms with E-state index in [-0.39, 0.29) is 10.5 Å². The highest BCUT2D eigenvalue weighted by Crippen LogP contribution is 2.37. The molecule has 1 heterocycles. The van der Waals surface area contributed by atoms with Gasteiger partial charge in [-0.2, -0.15) is 0 Å². The first kappa shape index (κ1) is 24.3. The molecule has 5 nitrogen and oxygen atoms in total. The number of carbonyl (C=O) groups is 1. The average molecular weight is 498 g/mol. The summed E-state index contributed by atoms with van der Waals surface area (Å²) in [5, 5.41) is 0.683. The minimum absolute atomic E-state index is 0.0705. The molecule has 1 N–H and O–H groups in total. The van der Waals surface area contributed by atoms with Crippen molar-refractivity contribution in [1.29, 1.82) is 0 Å². The standard InChI is InChI=1S/C27H28ClNO4S/c1-3-4-5-19-8-13-24(14-9-19)34(31,32)29-26(30)21-10-15-25-22(16-21)18-27(2,33-25)17-20-6-11-23(28)12-7-20/h6-16H,3-5,17-18H2,1-2H3,(H,29,30)/t27-/m1/s1. The van der Waals surface area contributed by atoms with Crippen molar-refractivity contribution in [1.82, 2.24) is 4.72 Å². The lowest BCUT2D eigenvalue weighted by atomic mass is 9.91. The van der Waals surface area contributed by atoms with Gasteiger partial charge in [0, 0.05) is 23.4 Å². The molecule has 7 heteroatoms. The smallest absolute Gasteiger partial charge is 0.265 e. The van der Waals surface area contributed by atoms with Gasteiger partial charge in [-0.25, -0.2) is 13.1 Å². The Morgan fingerprint density at radius 1 is 1.03 bits per heavy atom. The van der Waals surface area contributed by atoms with Crippen LogP contribution in [-0.2, 0) is 29.3 Å². The summed E-state index contributed by atoms with van der Waals surface area (Å²) in [7, 11) is -3.97. The Kier molecular flexibility index (Phi) is 7.01. The molecule has 1 amide bonds. The molecular weight excluding hydrogens is 470 g/mol. The number of hydrogen-bond donors (Lipinski definition) is 1. The summed E-state index contributed by atoms with van der Waals surface area (Å²) >= 11 is 5.98. The maximum Gasteiger partial charge on any atom is 0.265 e. The predicted octanol–water partition coefficient (Wildman–Crippen LogP) is 5.74. The maximum absolute atomic E-state index is 12.8. The summed E-state index contributed by atoms with van der Waals surface area (Å²) in [6, 6.07) is 19.3. The highest BCUT2D eigenvalue weighted by atomic mass is 35.5. The average Bonchev–Trinajstić information content (AvgIpc) is 3.14. The van der Waals surface area contributed by atoms with Crippen LogP contribution in [0.25, 0.3) is 0 Å². The highest BCUT2D eigenvalue weighted by Gasteiger charge is 2.35. The Bertz CT molecular complexity index is 1290. The molecule has 0 spiro atoms. The van der Waals surface area contributed by atoms with Crippen molar-refractivity contribution >= 4 is 27.5 Å². The molecular formula is C27H28ClNO4S. The number of fused-ring (bicyclic) bond motifs is 1. The van der Waals surface area contributed by atoms with Gasteiger partial charge in [0.2, 0.25) is 0 Å². The number of ether oxygens (including phenoxy) is 1. The highest BCUT2D eigenvalue weighted by molar-refractivity contribution is 7.90. The van der Waals surface area contributed by atoms with E-state index >= 15 is 0 Å². The van der Waals surface area contributed by atoms with E-state index in [1.54, 1.807) is 42.5 Å². The van der Waals surface area contributed by atoms with E-state index in [0.29, 0.717) is 23.6 Å². The van der Waals surface area contributed by atoms with Gasteiger partial charge >= 0.3 is 0 Å². The zero-order valence-corrected chi connectivity index (χ0v) is 20.9. The van der Waals surface area contributed by atoms with Crippen molar-refractivity contribution in [2.24, 2.45) is 0 Å². The van der Waals surface area contributed by atoms with E-state index in [1.165, 1.54) is 0 Å². The normalized spacial score (nSPS) is 17.1. The fraction of sp³-hybridized carbons (Fsp3) is 0.296. The number of sulfonamides is 1. The van der Waals surface area contributed by atoms with Crippen LogP contribution < -0.4 is 9.46 Å². The summed E-state index contributed by atoms with van der Waals surface area (Å²) in [5.74, 6) is 0.0442. The Balaban J connectivity index is 1.44. The monoisotopic (exact) mass is 497 g/mol. The molecule has 178 valence electrons. The van der Waals surface area contributed by atoms with Crippen LogP contribution in [0.1, 0.15) is 53.7 Å². The Morgan fingerprint density at radius 2 is 1.71 bits per heavy atom. The van der Waals surface area contributed by atoms with Gasteiger partial charge in [0.05, 0.1) is 4.90 Å². The molecule has 0 unspecified atom stereocenters. The van der Waals surface area contributed by atoms with Crippen LogP contribution in [0, 0.1) is 0 Å². The van der Waals surface area contributed by atoms with Crippen LogP contribution in [-0.4, -0.2) is 19.9 Å². The second-order valence-electron chi connectivity index (χ2n) is 9.04. The number of amides is 1. The first-order chi connectivity index (χ1) is 16.2. The van der Waals surface area contributed by atoms with Gasteiger partial charge in [0.1, 0.15) is 11.4 Å².